The van der Waals surface area contributed by atoms with Gasteiger partial charge in [0.05, 0.1) is 20.2 Å². The summed E-state index contributed by atoms with van der Waals surface area (Å²) < 4.78 is 14.2. The minimum atomic E-state index is -1.30. The molecule has 0 amide bonds. The van der Waals surface area contributed by atoms with Gasteiger partial charge in [0.25, 0.3) is 0 Å². The molecule has 1 heterocycles. The summed E-state index contributed by atoms with van der Waals surface area (Å²) in [4.78, 5) is 24.8. The topological polar surface area (TPSA) is 95.6 Å². The molecule has 1 N–H and O–H groups in total. The molecule has 0 unspecified atom stereocenters. The van der Waals surface area contributed by atoms with Crippen LogP contribution < -0.4 is 15.2 Å². The molecular formula is C31H35N3O5. The number of hydrogen-bond acceptors (Lipinski definition) is 5. The van der Waals surface area contributed by atoms with E-state index in [9.17, 15) is 14.7 Å². The zero-order valence-electron chi connectivity index (χ0n) is 22.9. The smallest absolute Gasteiger partial charge is 0.347 e. The van der Waals surface area contributed by atoms with Crippen LogP contribution in [0.25, 0.3) is 0 Å². The Labute approximate surface area is 228 Å². The van der Waals surface area contributed by atoms with Crippen LogP contribution in [0.4, 0.5) is 0 Å². The van der Waals surface area contributed by atoms with Gasteiger partial charge in [-0.2, -0.15) is 5.10 Å². The number of benzene rings is 3. The molecule has 204 valence electrons. The van der Waals surface area contributed by atoms with Crippen molar-refractivity contribution in [3.8, 4) is 11.5 Å². The normalized spacial score (nSPS) is 11.4. The molecule has 0 atom stereocenters. The number of carboxylic acid groups (broad SMARTS) is 1. The van der Waals surface area contributed by atoms with E-state index in [0.717, 1.165) is 41.1 Å². The Hall–Kier alpha value is -4.33. The third-order valence-electron chi connectivity index (χ3n) is 6.60. The first-order chi connectivity index (χ1) is 18.6. The van der Waals surface area contributed by atoms with Crippen molar-refractivity contribution in [2.45, 2.75) is 58.7 Å². The Morgan fingerprint density at radius 1 is 0.897 bits per heavy atom. The molecule has 8 heteroatoms. The average Bonchev–Trinajstić information content (AvgIpc) is 3.20. The highest BCUT2D eigenvalue weighted by Crippen LogP contribution is 2.20. The van der Waals surface area contributed by atoms with Crippen molar-refractivity contribution in [1.29, 1.82) is 0 Å². The van der Waals surface area contributed by atoms with Crippen LogP contribution in [-0.4, -0.2) is 38.1 Å². The lowest BCUT2D eigenvalue weighted by molar-refractivity contribution is -0.152. The number of ether oxygens (including phenoxy) is 2. The van der Waals surface area contributed by atoms with Crippen molar-refractivity contribution in [2.24, 2.45) is 0 Å². The van der Waals surface area contributed by atoms with Crippen LogP contribution in [0, 0.1) is 6.92 Å². The van der Waals surface area contributed by atoms with E-state index in [4.69, 9.17) is 14.6 Å². The average molecular weight is 530 g/mol. The summed E-state index contributed by atoms with van der Waals surface area (Å²) in [6.07, 6.45) is 2.20. The van der Waals surface area contributed by atoms with Crippen LogP contribution in [0.5, 0.6) is 11.5 Å². The highest BCUT2D eigenvalue weighted by atomic mass is 16.5. The summed E-state index contributed by atoms with van der Waals surface area (Å²) in [6, 6.07) is 23.3. The Morgan fingerprint density at radius 3 is 2.26 bits per heavy atom. The van der Waals surface area contributed by atoms with Gasteiger partial charge in [-0.3, -0.25) is 4.57 Å². The first kappa shape index (κ1) is 27.7. The minimum absolute atomic E-state index is 0.143. The number of aliphatic carboxylic acids is 1. The first-order valence-corrected chi connectivity index (χ1v) is 13.0. The van der Waals surface area contributed by atoms with Crippen molar-refractivity contribution in [3.63, 3.8) is 0 Å². The molecule has 0 fully saturated rings. The number of aromatic nitrogens is 3. The van der Waals surface area contributed by atoms with E-state index < -0.39 is 11.6 Å². The van der Waals surface area contributed by atoms with Crippen molar-refractivity contribution in [2.75, 3.05) is 7.11 Å². The maximum Gasteiger partial charge on any atom is 0.347 e. The van der Waals surface area contributed by atoms with Crippen molar-refractivity contribution in [3.05, 3.63) is 111 Å². The van der Waals surface area contributed by atoms with Crippen molar-refractivity contribution >= 4 is 5.97 Å². The molecule has 1 aromatic heterocycles. The molecule has 0 aliphatic heterocycles. The predicted octanol–water partition coefficient (Wildman–Crippen LogP) is 4.88. The molecule has 0 aliphatic rings. The van der Waals surface area contributed by atoms with Gasteiger partial charge < -0.3 is 14.6 Å². The maximum absolute atomic E-state index is 13.4. The number of nitrogens with zero attached hydrogens (tertiary/aromatic N) is 3. The van der Waals surface area contributed by atoms with Crippen LogP contribution in [-0.2, 0) is 30.7 Å². The van der Waals surface area contributed by atoms with Gasteiger partial charge in [0.2, 0.25) is 0 Å². The molecule has 0 saturated carbocycles. The van der Waals surface area contributed by atoms with Gasteiger partial charge in [-0.1, -0.05) is 54.1 Å². The van der Waals surface area contributed by atoms with Gasteiger partial charge in [0.1, 0.15) is 17.3 Å². The molecule has 4 rings (SSSR count). The van der Waals surface area contributed by atoms with Gasteiger partial charge in [-0.25, -0.2) is 14.3 Å². The Balaban J connectivity index is 1.50. The second-order valence-corrected chi connectivity index (χ2v) is 10.2. The van der Waals surface area contributed by atoms with Crippen LogP contribution in [0.15, 0.2) is 77.6 Å². The lowest BCUT2D eigenvalue weighted by atomic mass is 10.1. The Kier molecular flexibility index (Phi) is 8.54. The van der Waals surface area contributed by atoms with E-state index in [1.54, 1.807) is 23.8 Å². The van der Waals surface area contributed by atoms with E-state index in [0.29, 0.717) is 25.3 Å². The predicted molar refractivity (Wildman–Crippen MR) is 150 cm³/mol. The zero-order chi connectivity index (χ0) is 28.0. The van der Waals surface area contributed by atoms with E-state index in [1.165, 1.54) is 24.1 Å². The molecule has 8 nitrogen and oxygen atoms in total. The molecule has 4 aromatic rings. The van der Waals surface area contributed by atoms with Gasteiger partial charge in [0, 0.05) is 6.42 Å². The molecule has 3 aromatic carbocycles. The second-order valence-electron chi connectivity index (χ2n) is 10.2. The fraction of sp³-hybridized carbons (Fsp3) is 0.323. The minimum Gasteiger partial charge on any atom is -0.497 e. The summed E-state index contributed by atoms with van der Waals surface area (Å²) in [5.41, 5.74) is 2.81. The SMILES string of the molecule is COc1cccc(Cn2c(CCCc3ccc(OC(C)(C)C(=O)O)cc3)nn(Cc3ccc(C)cc3)c2=O)c1. The van der Waals surface area contributed by atoms with Crippen LogP contribution in [0.1, 0.15) is 48.3 Å². The number of hydrogen-bond donors (Lipinski definition) is 1. The molecule has 0 aliphatic carbocycles. The summed E-state index contributed by atoms with van der Waals surface area (Å²) in [5.74, 6) is 0.966. The number of methoxy groups -OCH3 is 1. The lowest BCUT2D eigenvalue weighted by Crippen LogP contribution is -2.37. The summed E-state index contributed by atoms with van der Waals surface area (Å²) in [5, 5.41) is 14.0. The zero-order valence-corrected chi connectivity index (χ0v) is 22.9. The fourth-order valence-electron chi connectivity index (χ4n) is 4.27. The molecule has 39 heavy (non-hydrogen) atoms. The van der Waals surface area contributed by atoms with E-state index in [-0.39, 0.29) is 5.69 Å². The number of carboxylic acids is 1. The lowest BCUT2D eigenvalue weighted by Gasteiger charge is -2.21. The molecule has 0 bridgehead atoms. The monoisotopic (exact) mass is 529 g/mol. The van der Waals surface area contributed by atoms with Gasteiger partial charge >= 0.3 is 11.7 Å². The van der Waals surface area contributed by atoms with E-state index in [2.05, 4.69) is 0 Å². The molecular weight excluding hydrogens is 494 g/mol. The Bertz CT molecular complexity index is 1470. The summed E-state index contributed by atoms with van der Waals surface area (Å²) in [7, 11) is 1.63. The largest absolute Gasteiger partial charge is 0.497 e. The third kappa shape index (κ3) is 7.16. The van der Waals surface area contributed by atoms with Crippen LogP contribution in [0.2, 0.25) is 0 Å². The van der Waals surface area contributed by atoms with E-state index >= 15 is 0 Å². The molecule has 0 saturated heterocycles. The van der Waals surface area contributed by atoms with Gasteiger partial charge in [0.15, 0.2) is 5.60 Å². The third-order valence-corrected chi connectivity index (χ3v) is 6.60. The highest BCUT2D eigenvalue weighted by molar-refractivity contribution is 5.76. The maximum atomic E-state index is 13.4. The Morgan fingerprint density at radius 2 is 1.59 bits per heavy atom. The van der Waals surface area contributed by atoms with Crippen molar-refractivity contribution in [1.82, 2.24) is 14.3 Å². The van der Waals surface area contributed by atoms with Gasteiger partial charge in [-0.15, -0.1) is 0 Å². The van der Waals surface area contributed by atoms with Crippen molar-refractivity contribution < 1.29 is 19.4 Å². The number of rotatable bonds is 12. The number of aryl methyl sites for hydroxylation is 3. The van der Waals surface area contributed by atoms with Gasteiger partial charge in [-0.05, 0) is 74.6 Å². The molecule has 0 spiro atoms. The molecule has 0 radical (unpaired) electrons. The number of carbonyl (C=O) groups is 1. The van der Waals surface area contributed by atoms with Crippen LogP contribution in [0.3, 0.4) is 0 Å². The van der Waals surface area contributed by atoms with E-state index in [1.807, 2.05) is 67.6 Å². The highest BCUT2D eigenvalue weighted by Gasteiger charge is 2.29. The summed E-state index contributed by atoms with van der Waals surface area (Å²) >= 11 is 0. The quantitative estimate of drug-likeness (QED) is 0.281. The second kappa shape index (κ2) is 12.0. The fourth-order valence-corrected chi connectivity index (χ4v) is 4.27. The van der Waals surface area contributed by atoms with Crippen LogP contribution >= 0.6 is 0 Å². The first-order valence-electron chi connectivity index (χ1n) is 13.0. The standard InChI is InChI=1S/C31H35N3O5/c1-22-11-13-24(14-12-22)21-34-30(37)33(20-25-8-5-9-27(19-25)38-4)28(32-34)10-6-7-23-15-17-26(18-16-23)39-31(2,3)29(35)36/h5,8-9,11-19H,6-7,10,20-21H2,1-4H3,(H,35,36). The summed E-state index contributed by atoms with van der Waals surface area (Å²) in [6.45, 7) is 5.89.